The smallest absolute Gasteiger partial charge is 0.329 e. The number of fused-ring (bicyclic) bond motifs is 2. The number of amides is 2. The lowest BCUT2D eigenvalue weighted by Gasteiger charge is -2.33. The Morgan fingerprint density at radius 2 is 1.86 bits per heavy atom. The predicted molar refractivity (Wildman–Crippen MR) is 147 cm³/mol. The minimum Gasteiger partial charge on any atom is -0.329 e. The second-order valence-electron chi connectivity index (χ2n) is 11.3. The third-order valence-electron chi connectivity index (χ3n) is 8.41. The Morgan fingerprint density at radius 1 is 1.09 bits per heavy atom. The molecule has 1 saturated heterocycles. The lowest BCUT2D eigenvalue weighted by atomic mass is 9.92. The van der Waals surface area contributed by atoms with Gasteiger partial charge in [0.2, 0.25) is 0 Å². The van der Waals surface area contributed by atoms with Crippen molar-refractivity contribution < 1.29 is 26.7 Å². The maximum Gasteiger partial charge on any atom is 0.394 e. The fourth-order valence-electron chi connectivity index (χ4n) is 6.33. The van der Waals surface area contributed by atoms with Crippen LogP contribution in [-0.2, 0) is 13.0 Å². The van der Waals surface area contributed by atoms with Crippen molar-refractivity contribution in [3.8, 4) is 0 Å². The first-order valence-electron chi connectivity index (χ1n) is 14.2. The highest BCUT2D eigenvalue weighted by Gasteiger charge is 2.36. The summed E-state index contributed by atoms with van der Waals surface area (Å²) in [6.07, 6.45) is -1.34. The van der Waals surface area contributed by atoms with Crippen LogP contribution in [0.15, 0.2) is 41.5 Å². The van der Waals surface area contributed by atoms with Crippen LogP contribution in [-0.4, -0.2) is 54.3 Å². The van der Waals surface area contributed by atoms with Gasteiger partial charge in [-0.3, -0.25) is 9.55 Å². The minimum atomic E-state index is -4.51. The Balaban J connectivity index is 1.20. The maximum absolute atomic E-state index is 14.7. The average Bonchev–Trinajstić information content (AvgIpc) is 3.43. The van der Waals surface area contributed by atoms with E-state index < -0.39 is 42.2 Å². The first kappa shape index (κ1) is 28.9. The number of hydrogen-bond donors (Lipinski definition) is 2. The molecule has 1 fully saturated rings. The molecule has 2 amide bonds. The third-order valence-corrected chi connectivity index (χ3v) is 8.41. The Labute approximate surface area is 242 Å². The van der Waals surface area contributed by atoms with E-state index >= 15 is 0 Å². The Morgan fingerprint density at radius 3 is 2.60 bits per heavy atom. The highest BCUT2D eigenvalue weighted by Crippen LogP contribution is 2.36. The van der Waals surface area contributed by atoms with Crippen molar-refractivity contribution in [3.63, 3.8) is 0 Å². The SMILES string of the molecule is Cc1cnc2[nH]c(=O)n(C3CCN(C(=O)N[C@@H]4CC[C@@H](c5cccc(F)c5F)Cn5c(CC(F)(F)F)cnc54)CC3)c2c1. The van der Waals surface area contributed by atoms with Gasteiger partial charge in [-0.25, -0.2) is 28.3 Å². The van der Waals surface area contributed by atoms with Crippen LogP contribution >= 0.6 is 0 Å². The van der Waals surface area contributed by atoms with E-state index in [0.29, 0.717) is 43.5 Å². The van der Waals surface area contributed by atoms with E-state index in [9.17, 15) is 31.5 Å². The normalized spacial score (nSPS) is 19.8. The number of carbonyl (C=O) groups excluding carboxylic acids is 1. The number of benzene rings is 1. The summed E-state index contributed by atoms with van der Waals surface area (Å²) in [5.41, 5.74) is 1.82. The molecule has 0 radical (unpaired) electrons. The number of pyridine rings is 1. The molecule has 0 unspecified atom stereocenters. The van der Waals surface area contributed by atoms with Crippen molar-refractivity contribution in [2.75, 3.05) is 13.1 Å². The van der Waals surface area contributed by atoms with Crippen LogP contribution in [0.2, 0.25) is 0 Å². The van der Waals surface area contributed by atoms with E-state index in [-0.39, 0.29) is 41.8 Å². The quantitative estimate of drug-likeness (QED) is 0.310. The first-order valence-corrected chi connectivity index (χ1v) is 14.2. The minimum absolute atomic E-state index is 0.0351. The lowest BCUT2D eigenvalue weighted by Crippen LogP contribution is -2.46. The van der Waals surface area contributed by atoms with Crippen LogP contribution < -0.4 is 11.0 Å². The number of urea groups is 1. The van der Waals surface area contributed by atoms with Crippen LogP contribution in [0.4, 0.5) is 26.7 Å². The topological polar surface area (TPSA) is 101 Å². The Hall–Kier alpha value is -4.23. The largest absolute Gasteiger partial charge is 0.394 e. The molecule has 2 atom stereocenters. The van der Waals surface area contributed by atoms with Crippen LogP contribution in [0.5, 0.6) is 0 Å². The zero-order chi connectivity index (χ0) is 30.5. The van der Waals surface area contributed by atoms with Gasteiger partial charge in [-0.2, -0.15) is 13.2 Å². The van der Waals surface area contributed by atoms with Crippen LogP contribution in [0.25, 0.3) is 11.2 Å². The van der Waals surface area contributed by atoms with Crippen molar-refractivity contribution in [1.82, 2.24) is 34.3 Å². The molecule has 1 aromatic carbocycles. The molecule has 43 heavy (non-hydrogen) atoms. The van der Waals surface area contributed by atoms with Gasteiger partial charge in [0.1, 0.15) is 5.82 Å². The molecule has 0 saturated carbocycles. The second kappa shape index (κ2) is 11.1. The molecular formula is C29H30F5N7O2. The van der Waals surface area contributed by atoms with Gasteiger partial charge in [0.15, 0.2) is 17.3 Å². The Kier molecular flexibility index (Phi) is 7.46. The summed E-state index contributed by atoms with van der Waals surface area (Å²) >= 11 is 0. The molecule has 4 aromatic rings. The number of aromatic nitrogens is 5. The summed E-state index contributed by atoms with van der Waals surface area (Å²) in [6.45, 7) is 2.56. The number of aryl methyl sites for hydroxylation is 1. The van der Waals surface area contributed by atoms with Gasteiger partial charge in [0.25, 0.3) is 0 Å². The number of aromatic amines is 1. The second-order valence-corrected chi connectivity index (χ2v) is 11.3. The number of halogens is 5. The van der Waals surface area contributed by atoms with E-state index in [4.69, 9.17) is 0 Å². The summed E-state index contributed by atoms with van der Waals surface area (Å²) in [5, 5.41) is 2.93. The van der Waals surface area contributed by atoms with Gasteiger partial charge in [-0.1, -0.05) is 12.1 Å². The maximum atomic E-state index is 14.7. The molecule has 0 aliphatic carbocycles. The number of nitrogens with one attached hydrogen (secondary N) is 2. The molecule has 2 aliphatic heterocycles. The number of rotatable bonds is 4. The van der Waals surface area contributed by atoms with Crippen molar-refractivity contribution in [1.29, 1.82) is 0 Å². The molecular weight excluding hydrogens is 573 g/mol. The highest BCUT2D eigenvalue weighted by molar-refractivity contribution is 5.75. The highest BCUT2D eigenvalue weighted by atomic mass is 19.4. The number of piperidine rings is 1. The van der Waals surface area contributed by atoms with E-state index in [1.165, 1.54) is 16.7 Å². The predicted octanol–water partition coefficient (Wildman–Crippen LogP) is 5.28. The summed E-state index contributed by atoms with van der Waals surface area (Å²) in [6, 6.07) is 4.40. The standard InChI is InChI=1S/C29H30F5N7O2/c1-16-11-23-25(35-13-16)38-28(43)41(23)18-7-9-39(10-8-18)27(42)37-22-6-5-17(20-3-2-4-21(30)24(20)31)15-40-19(12-29(32,33)34)14-36-26(22)40/h2-4,11,13-14,17-18,22H,5-10,12,15H2,1H3,(H,37,42)(H,35,38,43)/t17-,22-/m1/s1. The number of likely N-dealkylation sites (tertiary alicyclic amines) is 1. The zero-order valence-electron chi connectivity index (χ0n) is 23.3. The number of alkyl halides is 3. The third kappa shape index (κ3) is 5.74. The molecule has 14 heteroatoms. The van der Waals surface area contributed by atoms with Gasteiger partial charge < -0.3 is 14.8 Å². The zero-order valence-corrected chi connectivity index (χ0v) is 23.3. The van der Waals surface area contributed by atoms with Gasteiger partial charge in [-0.15, -0.1) is 0 Å². The van der Waals surface area contributed by atoms with Crippen molar-refractivity contribution in [2.45, 2.75) is 69.8 Å². The number of nitrogens with zero attached hydrogens (tertiary/aromatic N) is 5. The van der Waals surface area contributed by atoms with Gasteiger partial charge in [0, 0.05) is 49.7 Å². The summed E-state index contributed by atoms with van der Waals surface area (Å²) < 4.78 is 72.0. The van der Waals surface area contributed by atoms with Crippen molar-refractivity contribution in [3.05, 3.63) is 81.4 Å². The summed E-state index contributed by atoms with van der Waals surface area (Å²) in [4.78, 5) is 39.0. The molecule has 2 aliphatic rings. The molecule has 5 heterocycles. The molecule has 0 bridgehead atoms. The van der Waals surface area contributed by atoms with Crippen LogP contribution in [0, 0.1) is 18.6 Å². The van der Waals surface area contributed by atoms with E-state index in [0.717, 1.165) is 17.8 Å². The Bertz CT molecular complexity index is 1720. The molecule has 3 aromatic heterocycles. The van der Waals surface area contributed by atoms with E-state index in [1.807, 2.05) is 13.0 Å². The fourth-order valence-corrected chi connectivity index (χ4v) is 6.33. The first-order chi connectivity index (χ1) is 20.5. The number of hydrogen-bond acceptors (Lipinski definition) is 4. The van der Waals surface area contributed by atoms with Gasteiger partial charge >= 0.3 is 17.9 Å². The molecule has 9 nitrogen and oxygen atoms in total. The van der Waals surface area contributed by atoms with E-state index in [1.54, 1.807) is 15.7 Å². The van der Waals surface area contributed by atoms with Crippen molar-refractivity contribution >= 4 is 17.2 Å². The van der Waals surface area contributed by atoms with Gasteiger partial charge in [0.05, 0.1) is 18.0 Å². The molecule has 228 valence electrons. The van der Waals surface area contributed by atoms with Crippen LogP contribution in [0.3, 0.4) is 0 Å². The summed E-state index contributed by atoms with van der Waals surface area (Å²) in [5.74, 6) is -2.44. The van der Waals surface area contributed by atoms with E-state index in [2.05, 4.69) is 20.3 Å². The molecule has 2 N–H and O–H groups in total. The van der Waals surface area contributed by atoms with Crippen LogP contribution in [0.1, 0.15) is 66.3 Å². The lowest BCUT2D eigenvalue weighted by molar-refractivity contribution is -0.128. The monoisotopic (exact) mass is 603 g/mol. The fraction of sp³-hybridized carbons (Fsp3) is 0.448. The summed E-state index contributed by atoms with van der Waals surface area (Å²) in [7, 11) is 0. The number of H-pyrrole nitrogens is 1. The molecule has 0 spiro atoms. The van der Waals surface area contributed by atoms with Gasteiger partial charge in [-0.05, 0) is 55.9 Å². The number of imidazole rings is 2. The van der Waals surface area contributed by atoms with Crippen molar-refractivity contribution in [2.24, 2.45) is 0 Å². The number of carbonyl (C=O) groups is 1. The molecule has 6 rings (SSSR count). The average molecular weight is 604 g/mol.